The summed E-state index contributed by atoms with van der Waals surface area (Å²) in [6.45, 7) is 0. The summed E-state index contributed by atoms with van der Waals surface area (Å²) >= 11 is 0. The maximum Gasteiger partial charge on any atom is 0.167 e. The first-order valence-corrected chi connectivity index (χ1v) is 16.4. The van der Waals surface area contributed by atoms with E-state index in [-0.39, 0.29) is 0 Å². The van der Waals surface area contributed by atoms with E-state index < -0.39 is 0 Å². The molecule has 0 saturated carbocycles. The van der Waals surface area contributed by atoms with E-state index in [1.54, 1.807) is 0 Å². The smallest absolute Gasteiger partial charge is 0.167 e. The van der Waals surface area contributed by atoms with Gasteiger partial charge in [-0.1, -0.05) is 152 Å². The number of fused-ring (bicyclic) bond motifs is 3. The van der Waals surface area contributed by atoms with Gasteiger partial charge in [-0.3, -0.25) is 0 Å². The van der Waals surface area contributed by atoms with Gasteiger partial charge in [0.25, 0.3) is 0 Å². The van der Waals surface area contributed by atoms with Crippen LogP contribution in [0.2, 0.25) is 0 Å². The average Bonchev–Trinajstić information content (AvgIpc) is 3.58. The number of hydrogen-bond donors (Lipinski definition) is 0. The Morgan fingerprint density at radius 2 is 0.694 bits per heavy atom. The molecule has 0 aliphatic carbocycles. The minimum absolute atomic E-state index is 0.557. The maximum atomic E-state index is 6.77. The molecule has 230 valence electrons. The Balaban J connectivity index is 1.28. The molecule has 0 spiro atoms. The number of benzene rings is 7. The van der Waals surface area contributed by atoms with Crippen LogP contribution in [-0.2, 0) is 0 Å². The largest absolute Gasteiger partial charge is 0.455 e. The third-order valence-electron chi connectivity index (χ3n) is 8.92. The highest BCUT2D eigenvalue weighted by molar-refractivity contribution is 6.12. The van der Waals surface area contributed by atoms with Crippen LogP contribution in [-0.4, -0.2) is 15.0 Å². The Morgan fingerprint density at radius 3 is 1.24 bits per heavy atom. The van der Waals surface area contributed by atoms with E-state index in [0.29, 0.717) is 17.5 Å². The molecular formula is C45H29N3O. The monoisotopic (exact) mass is 627 g/mol. The van der Waals surface area contributed by atoms with Crippen LogP contribution < -0.4 is 0 Å². The summed E-state index contributed by atoms with van der Waals surface area (Å²) in [5.74, 6) is 1.75. The van der Waals surface area contributed by atoms with E-state index >= 15 is 0 Å². The van der Waals surface area contributed by atoms with Crippen LogP contribution in [0.4, 0.5) is 0 Å². The molecule has 0 saturated heterocycles. The Kier molecular flexibility index (Phi) is 7.10. The molecule has 7 aromatic carbocycles. The molecule has 0 aliphatic heterocycles. The van der Waals surface area contributed by atoms with E-state index in [9.17, 15) is 0 Å². The topological polar surface area (TPSA) is 51.8 Å². The van der Waals surface area contributed by atoms with Crippen molar-refractivity contribution in [1.29, 1.82) is 0 Å². The summed E-state index contributed by atoms with van der Waals surface area (Å²) in [4.78, 5) is 15.4. The van der Waals surface area contributed by atoms with E-state index in [4.69, 9.17) is 19.4 Å². The Labute approximate surface area is 284 Å². The normalized spacial score (nSPS) is 11.3. The minimum Gasteiger partial charge on any atom is -0.455 e. The lowest BCUT2D eigenvalue weighted by Crippen LogP contribution is -2.00. The molecule has 0 atom stereocenters. The van der Waals surface area contributed by atoms with Crippen molar-refractivity contribution in [3.8, 4) is 67.5 Å². The third-order valence-corrected chi connectivity index (χ3v) is 8.92. The molecule has 49 heavy (non-hydrogen) atoms. The van der Waals surface area contributed by atoms with Crippen molar-refractivity contribution in [3.05, 3.63) is 176 Å². The lowest BCUT2D eigenvalue weighted by Gasteiger charge is -2.12. The van der Waals surface area contributed by atoms with Crippen LogP contribution in [0.1, 0.15) is 0 Å². The lowest BCUT2D eigenvalue weighted by atomic mass is 9.96. The minimum atomic E-state index is 0.557. The number of rotatable bonds is 6. The van der Waals surface area contributed by atoms with Gasteiger partial charge < -0.3 is 4.42 Å². The Morgan fingerprint density at radius 1 is 0.286 bits per heavy atom. The molecule has 4 nitrogen and oxygen atoms in total. The van der Waals surface area contributed by atoms with Crippen LogP contribution in [0.5, 0.6) is 0 Å². The van der Waals surface area contributed by atoms with Gasteiger partial charge in [0.15, 0.2) is 17.5 Å². The highest BCUT2D eigenvalue weighted by atomic mass is 16.3. The first kappa shape index (κ1) is 28.6. The predicted molar refractivity (Wildman–Crippen MR) is 200 cm³/mol. The fourth-order valence-electron chi connectivity index (χ4n) is 6.53. The van der Waals surface area contributed by atoms with Crippen LogP contribution in [0, 0.1) is 0 Å². The molecule has 0 aliphatic rings. The van der Waals surface area contributed by atoms with Crippen LogP contribution in [0.15, 0.2) is 180 Å². The van der Waals surface area contributed by atoms with E-state index in [0.717, 1.165) is 72.0 Å². The maximum absolute atomic E-state index is 6.77. The first-order chi connectivity index (χ1) is 24.3. The average molecular weight is 628 g/mol. The summed E-state index contributed by atoms with van der Waals surface area (Å²) in [6.07, 6.45) is 0. The SMILES string of the molecule is c1ccc(-c2cc(-c3ccccc3)cc(-c3nc(-c4ccccc4)nc(-c4cccc5c4oc4c(-c6ccccc6)cccc45)n3)c2)cc1. The van der Waals surface area contributed by atoms with Gasteiger partial charge in [-0.2, -0.15) is 0 Å². The van der Waals surface area contributed by atoms with Crippen molar-refractivity contribution < 1.29 is 4.42 Å². The Hall–Kier alpha value is -6.65. The van der Waals surface area contributed by atoms with Gasteiger partial charge in [0, 0.05) is 27.5 Å². The highest BCUT2D eigenvalue weighted by Gasteiger charge is 2.20. The second-order valence-corrected chi connectivity index (χ2v) is 12.0. The zero-order chi connectivity index (χ0) is 32.6. The van der Waals surface area contributed by atoms with Crippen molar-refractivity contribution >= 4 is 21.9 Å². The zero-order valence-electron chi connectivity index (χ0n) is 26.5. The summed E-state index contributed by atoms with van der Waals surface area (Å²) in [5, 5.41) is 2.07. The van der Waals surface area contributed by atoms with Gasteiger partial charge in [0.2, 0.25) is 0 Å². The van der Waals surface area contributed by atoms with Crippen molar-refractivity contribution in [2.75, 3.05) is 0 Å². The van der Waals surface area contributed by atoms with Crippen molar-refractivity contribution in [2.24, 2.45) is 0 Å². The summed E-state index contributed by atoms with van der Waals surface area (Å²) in [6, 6.07) is 60.4. The van der Waals surface area contributed by atoms with Crippen molar-refractivity contribution in [2.45, 2.75) is 0 Å². The van der Waals surface area contributed by atoms with Gasteiger partial charge in [-0.05, 0) is 52.1 Å². The summed E-state index contributed by atoms with van der Waals surface area (Å²) in [7, 11) is 0. The zero-order valence-corrected chi connectivity index (χ0v) is 26.5. The van der Waals surface area contributed by atoms with Crippen LogP contribution >= 0.6 is 0 Å². The molecule has 9 rings (SSSR count). The highest BCUT2D eigenvalue weighted by Crippen LogP contribution is 2.40. The number of furan rings is 1. The molecule has 2 aromatic heterocycles. The quantitative estimate of drug-likeness (QED) is 0.184. The second-order valence-electron chi connectivity index (χ2n) is 12.0. The molecule has 0 amide bonds. The predicted octanol–water partition coefficient (Wildman–Crippen LogP) is 11.8. The van der Waals surface area contributed by atoms with Crippen molar-refractivity contribution in [1.82, 2.24) is 15.0 Å². The first-order valence-electron chi connectivity index (χ1n) is 16.4. The Bertz CT molecular complexity index is 2520. The van der Waals surface area contributed by atoms with Crippen LogP contribution in [0.3, 0.4) is 0 Å². The molecular weight excluding hydrogens is 599 g/mol. The van der Waals surface area contributed by atoms with Gasteiger partial charge >= 0.3 is 0 Å². The fourth-order valence-corrected chi connectivity index (χ4v) is 6.53. The fraction of sp³-hybridized carbons (Fsp3) is 0. The van der Waals surface area contributed by atoms with E-state index in [1.165, 1.54) is 0 Å². The standard InChI is InChI=1S/C45H29N3O/c1-5-15-30(16-6-1)34-27-35(31-17-7-2-8-18-31)29-36(28-34)44-46-43(33-21-11-4-12-22-33)47-45(48-44)40-26-14-25-39-38-24-13-23-37(41(38)49-42(39)40)32-19-9-3-10-20-32/h1-29H. The van der Waals surface area contributed by atoms with Crippen molar-refractivity contribution in [3.63, 3.8) is 0 Å². The third kappa shape index (κ3) is 5.35. The van der Waals surface area contributed by atoms with Gasteiger partial charge in [0.1, 0.15) is 11.2 Å². The second kappa shape index (κ2) is 12.2. The summed E-state index contributed by atoms with van der Waals surface area (Å²) in [5.41, 5.74) is 10.8. The van der Waals surface area contributed by atoms with E-state index in [2.05, 4.69) is 121 Å². The lowest BCUT2D eigenvalue weighted by molar-refractivity contribution is 0.670. The molecule has 0 N–H and O–H groups in total. The molecule has 0 bridgehead atoms. The van der Waals surface area contributed by atoms with Gasteiger partial charge in [-0.15, -0.1) is 0 Å². The number of para-hydroxylation sites is 2. The number of nitrogens with zero attached hydrogens (tertiary/aromatic N) is 3. The van der Waals surface area contributed by atoms with E-state index in [1.807, 2.05) is 54.6 Å². The van der Waals surface area contributed by atoms with Gasteiger partial charge in [-0.25, -0.2) is 15.0 Å². The molecule has 2 heterocycles. The molecule has 0 unspecified atom stereocenters. The molecule has 0 fully saturated rings. The molecule has 9 aromatic rings. The van der Waals surface area contributed by atoms with Gasteiger partial charge in [0.05, 0.1) is 5.56 Å². The number of aromatic nitrogens is 3. The molecule has 0 radical (unpaired) electrons. The van der Waals surface area contributed by atoms with Crippen LogP contribution in [0.25, 0.3) is 89.5 Å². The summed E-state index contributed by atoms with van der Waals surface area (Å²) < 4.78 is 6.77. The molecule has 4 heteroatoms. The number of hydrogen-bond acceptors (Lipinski definition) is 4.